The summed E-state index contributed by atoms with van der Waals surface area (Å²) in [5.74, 6) is -0.765. The van der Waals surface area contributed by atoms with Crippen LogP contribution in [0.3, 0.4) is 0 Å². The molecule has 1 aliphatic rings. The first kappa shape index (κ1) is 16.9. The maximum atomic E-state index is 12.4. The molecule has 6 nitrogen and oxygen atoms in total. The zero-order valence-corrected chi connectivity index (χ0v) is 13.5. The van der Waals surface area contributed by atoms with E-state index in [0.29, 0.717) is 26.2 Å². The van der Waals surface area contributed by atoms with Crippen LogP contribution >= 0.6 is 23.2 Å². The number of carbonyl (C=O) groups excluding carboxylic acids is 2. The molecule has 1 aromatic carbocycles. The van der Waals surface area contributed by atoms with Gasteiger partial charge in [0.05, 0.1) is 10.6 Å². The molecule has 120 valence electrons. The van der Waals surface area contributed by atoms with Crippen molar-refractivity contribution >= 4 is 35.0 Å². The number of amides is 2. The van der Waals surface area contributed by atoms with Crippen molar-refractivity contribution < 1.29 is 19.4 Å². The molecule has 2 rings (SSSR count). The molecule has 0 aliphatic carbocycles. The lowest BCUT2D eigenvalue weighted by Crippen LogP contribution is -2.51. The molecule has 0 spiro atoms. The predicted molar refractivity (Wildman–Crippen MR) is 82.5 cm³/mol. The van der Waals surface area contributed by atoms with Crippen LogP contribution in [0, 0.1) is 0 Å². The minimum absolute atomic E-state index is 0.0293. The summed E-state index contributed by atoms with van der Waals surface area (Å²) in [5, 5.41) is 10.1. The number of ether oxygens (including phenoxy) is 1. The SMILES string of the molecule is COCC(=O)N1CCN(C(=O)c2ccc(Cl)c(Cl)c2O)CC1. The number of aromatic hydroxyl groups is 1. The van der Waals surface area contributed by atoms with Gasteiger partial charge in [0.15, 0.2) is 0 Å². The quantitative estimate of drug-likeness (QED) is 0.902. The number of methoxy groups -OCH3 is 1. The number of phenolic OH excluding ortho intramolecular Hbond substituents is 1. The van der Waals surface area contributed by atoms with Gasteiger partial charge >= 0.3 is 0 Å². The average Bonchev–Trinajstić information content (AvgIpc) is 2.52. The first-order valence-electron chi connectivity index (χ1n) is 6.68. The number of nitrogens with zero attached hydrogens (tertiary/aromatic N) is 2. The fourth-order valence-electron chi connectivity index (χ4n) is 2.26. The van der Waals surface area contributed by atoms with E-state index >= 15 is 0 Å². The summed E-state index contributed by atoms with van der Waals surface area (Å²) in [5.41, 5.74) is 0.103. The Morgan fingerprint density at radius 3 is 2.36 bits per heavy atom. The normalized spacial score (nSPS) is 15.0. The second-order valence-corrected chi connectivity index (χ2v) is 5.65. The molecule has 0 aromatic heterocycles. The Bertz CT molecular complexity index is 586. The summed E-state index contributed by atoms with van der Waals surface area (Å²) in [6.07, 6.45) is 0. The van der Waals surface area contributed by atoms with Crippen molar-refractivity contribution in [3.05, 3.63) is 27.7 Å². The molecule has 1 N–H and O–H groups in total. The van der Waals surface area contributed by atoms with Gasteiger partial charge in [0, 0.05) is 33.3 Å². The van der Waals surface area contributed by atoms with Crippen LogP contribution in [0.15, 0.2) is 12.1 Å². The van der Waals surface area contributed by atoms with E-state index < -0.39 is 0 Å². The number of halogens is 2. The highest BCUT2D eigenvalue weighted by Crippen LogP contribution is 2.34. The van der Waals surface area contributed by atoms with Crippen LogP contribution in [0.25, 0.3) is 0 Å². The van der Waals surface area contributed by atoms with Crippen LogP contribution in [-0.4, -0.2) is 66.6 Å². The molecule has 2 amide bonds. The average molecular weight is 347 g/mol. The smallest absolute Gasteiger partial charge is 0.257 e. The molecule has 8 heteroatoms. The third-order valence-electron chi connectivity index (χ3n) is 3.49. The Morgan fingerprint density at radius 1 is 1.18 bits per heavy atom. The van der Waals surface area contributed by atoms with E-state index in [-0.39, 0.29) is 39.8 Å². The summed E-state index contributed by atoms with van der Waals surface area (Å²) >= 11 is 11.6. The number of hydrogen-bond donors (Lipinski definition) is 1. The topological polar surface area (TPSA) is 70.1 Å². The minimum atomic E-state index is -0.338. The first-order chi connectivity index (χ1) is 10.5. The molecule has 1 aromatic rings. The lowest BCUT2D eigenvalue weighted by atomic mass is 10.1. The van der Waals surface area contributed by atoms with Gasteiger partial charge in [-0.1, -0.05) is 23.2 Å². The van der Waals surface area contributed by atoms with E-state index in [1.165, 1.54) is 19.2 Å². The molecule has 1 heterocycles. The molecule has 0 radical (unpaired) electrons. The fourth-order valence-corrected chi connectivity index (χ4v) is 2.57. The largest absolute Gasteiger partial charge is 0.505 e. The standard InChI is InChI=1S/C14H16Cl2N2O4/c1-22-8-11(19)17-4-6-18(7-5-17)14(21)9-2-3-10(15)12(16)13(9)20/h2-3,20H,4-8H2,1H3. The minimum Gasteiger partial charge on any atom is -0.505 e. The third kappa shape index (κ3) is 3.45. The van der Waals surface area contributed by atoms with E-state index in [9.17, 15) is 14.7 Å². The molecular weight excluding hydrogens is 331 g/mol. The van der Waals surface area contributed by atoms with Gasteiger partial charge in [-0.25, -0.2) is 0 Å². The second kappa shape index (κ2) is 7.17. The first-order valence-corrected chi connectivity index (χ1v) is 7.44. The molecule has 0 bridgehead atoms. The van der Waals surface area contributed by atoms with Crippen LogP contribution in [-0.2, 0) is 9.53 Å². The van der Waals surface area contributed by atoms with Crippen molar-refractivity contribution in [2.75, 3.05) is 39.9 Å². The summed E-state index contributed by atoms with van der Waals surface area (Å²) in [4.78, 5) is 27.3. The van der Waals surface area contributed by atoms with Crippen LogP contribution in [0.4, 0.5) is 0 Å². The van der Waals surface area contributed by atoms with E-state index in [0.717, 1.165) is 0 Å². The van der Waals surface area contributed by atoms with E-state index in [1.54, 1.807) is 9.80 Å². The zero-order chi connectivity index (χ0) is 16.3. The highest BCUT2D eigenvalue weighted by atomic mass is 35.5. The number of rotatable bonds is 3. The van der Waals surface area contributed by atoms with E-state index in [2.05, 4.69) is 0 Å². The second-order valence-electron chi connectivity index (χ2n) is 4.86. The third-order valence-corrected chi connectivity index (χ3v) is 4.28. The monoisotopic (exact) mass is 346 g/mol. The molecule has 0 saturated carbocycles. The van der Waals surface area contributed by atoms with Gasteiger partial charge in [-0.05, 0) is 12.1 Å². The van der Waals surface area contributed by atoms with Crippen molar-refractivity contribution in [2.24, 2.45) is 0 Å². The predicted octanol–water partition coefficient (Wildman–Crippen LogP) is 1.63. The van der Waals surface area contributed by atoms with Gasteiger partial charge in [-0.2, -0.15) is 0 Å². The van der Waals surface area contributed by atoms with Crippen LogP contribution in [0.1, 0.15) is 10.4 Å². The van der Waals surface area contributed by atoms with Crippen LogP contribution < -0.4 is 0 Å². The Kier molecular flexibility index (Phi) is 5.50. The van der Waals surface area contributed by atoms with Gasteiger partial charge in [-0.15, -0.1) is 0 Å². The van der Waals surface area contributed by atoms with Crippen molar-refractivity contribution in [1.82, 2.24) is 9.80 Å². The van der Waals surface area contributed by atoms with E-state index in [1.807, 2.05) is 0 Å². The Morgan fingerprint density at radius 2 is 1.77 bits per heavy atom. The van der Waals surface area contributed by atoms with Gasteiger partial charge in [0.2, 0.25) is 5.91 Å². The van der Waals surface area contributed by atoms with Crippen molar-refractivity contribution in [1.29, 1.82) is 0 Å². The Labute approximate surface area is 138 Å². The lowest BCUT2D eigenvalue weighted by Gasteiger charge is -2.34. The van der Waals surface area contributed by atoms with Crippen molar-refractivity contribution in [3.8, 4) is 5.75 Å². The van der Waals surface area contributed by atoms with Gasteiger partial charge in [0.25, 0.3) is 5.91 Å². The summed E-state index contributed by atoms with van der Waals surface area (Å²) in [6, 6.07) is 2.91. The van der Waals surface area contributed by atoms with Crippen molar-refractivity contribution in [2.45, 2.75) is 0 Å². The van der Waals surface area contributed by atoms with Crippen LogP contribution in [0.2, 0.25) is 10.0 Å². The number of hydrogen-bond acceptors (Lipinski definition) is 4. The highest BCUT2D eigenvalue weighted by molar-refractivity contribution is 6.43. The summed E-state index contributed by atoms with van der Waals surface area (Å²) in [6.45, 7) is 1.65. The summed E-state index contributed by atoms with van der Waals surface area (Å²) in [7, 11) is 1.46. The van der Waals surface area contributed by atoms with Gasteiger partial charge in [0.1, 0.15) is 17.4 Å². The number of piperazine rings is 1. The van der Waals surface area contributed by atoms with Crippen molar-refractivity contribution in [3.63, 3.8) is 0 Å². The van der Waals surface area contributed by atoms with Gasteiger partial charge < -0.3 is 19.6 Å². The number of carbonyl (C=O) groups is 2. The molecule has 1 fully saturated rings. The maximum Gasteiger partial charge on any atom is 0.257 e. The maximum absolute atomic E-state index is 12.4. The molecule has 1 aliphatic heterocycles. The highest BCUT2D eigenvalue weighted by Gasteiger charge is 2.27. The molecular formula is C14H16Cl2N2O4. The van der Waals surface area contributed by atoms with Gasteiger partial charge in [-0.3, -0.25) is 9.59 Å². The number of phenols is 1. The Balaban J connectivity index is 2.04. The molecule has 0 atom stereocenters. The molecule has 0 unspecified atom stereocenters. The van der Waals surface area contributed by atoms with E-state index in [4.69, 9.17) is 27.9 Å². The Hall–Kier alpha value is -1.50. The molecule has 22 heavy (non-hydrogen) atoms. The lowest BCUT2D eigenvalue weighted by molar-refractivity contribution is -0.136. The van der Waals surface area contributed by atoms with Crippen LogP contribution in [0.5, 0.6) is 5.75 Å². The number of benzene rings is 1. The zero-order valence-electron chi connectivity index (χ0n) is 12.0. The fraction of sp³-hybridized carbons (Fsp3) is 0.429. The molecule has 1 saturated heterocycles. The summed E-state index contributed by atoms with van der Waals surface area (Å²) < 4.78 is 4.81.